The lowest BCUT2D eigenvalue weighted by atomic mass is 9.99. The molecule has 0 amide bonds. The van der Waals surface area contributed by atoms with Gasteiger partial charge < -0.3 is 20.1 Å². The predicted molar refractivity (Wildman–Crippen MR) is 146 cm³/mol. The molecule has 0 spiro atoms. The van der Waals surface area contributed by atoms with E-state index in [1.807, 2.05) is 0 Å². The molecule has 1 aliphatic rings. The van der Waals surface area contributed by atoms with Crippen LogP contribution in [-0.2, 0) is 19.6 Å². The summed E-state index contributed by atoms with van der Waals surface area (Å²) in [6.45, 7) is 11.4. The van der Waals surface area contributed by atoms with Crippen LogP contribution in [0.2, 0.25) is 0 Å². The number of aliphatic imine (C=N–C) groups is 1. The van der Waals surface area contributed by atoms with Gasteiger partial charge in [-0.1, -0.05) is 43.3 Å². The minimum Gasteiger partial charge on any atom is -0.359 e. The minimum absolute atomic E-state index is 0. The molecule has 2 heterocycles. The van der Waals surface area contributed by atoms with Crippen molar-refractivity contribution in [3.8, 4) is 0 Å². The summed E-state index contributed by atoms with van der Waals surface area (Å²) in [5, 5.41) is 10.9. The van der Waals surface area contributed by atoms with Crippen molar-refractivity contribution in [2.45, 2.75) is 58.7 Å². The van der Waals surface area contributed by atoms with E-state index in [0.717, 1.165) is 56.4 Å². The summed E-state index contributed by atoms with van der Waals surface area (Å²) in [5.41, 5.74) is 3.66. The number of hydrogen-bond donors (Lipinski definition) is 2. The molecule has 1 fully saturated rings. The highest BCUT2D eigenvalue weighted by Crippen LogP contribution is 2.22. The normalized spacial score (nSPS) is 15.8. The van der Waals surface area contributed by atoms with Crippen LogP contribution in [0.25, 0.3) is 0 Å². The number of likely N-dealkylation sites (N-methyl/N-ethyl adjacent to an activating group) is 1. The van der Waals surface area contributed by atoms with Crippen molar-refractivity contribution >= 4 is 29.9 Å². The molecular weight excluding hydrogens is 527 g/mol. The van der Waals surface area contributed by atoms with Gasteiger partial charge in [-0.05, 0) is 50.5 Å². The van der Waals surface area contributed by atoms with Gasteiger partial charge in [0.05, 0.1) is 12.2 Å². The van der Waals surface area contributed by atoms with Gasteiger partial charge >= 0.3 is 0 Å². The summed E-state index contributed by atoms with van der Waals surface area (Å²) in [7, 11) is 4.00. The molecule has 3 rings (SSSR count). The molecule has 0 saturated carbocycles. The van der Waals surface area contributed by atoms with Crippen LogP contribution in [0.1, 0.15) is 61.6 Å². The first-order chi connectivity index (χ1) is 15.6. The number of aromatic nitrogens is 1. The Morgan fingerprint density at radius 3 is 2.42 bits per heavy atom. The lowest BCUT2D eigenvalue weighted by Crippen LogP contribution is -2.36. The van der Waals surface area contributed by atoms with E-state index in [1.54, 1.807) is 7.05 Å². The topological polar surface area (TPSA) is 68.9 Å². The second-order valence-corrected chi connectivity index (χ2v) is 8.76. The highest BCUT2D eigenvalue weighted by molar-refractivity contribution is 14.0. The van der Waals surface area contributed by atoms with Crippen LogP contribution in [-0.4, -0.2) is 61.2 Å². The average Bonchev–Trinajstić information content (AvgIpc) is 3.18. The summed E-state index contributed by atoms with van der Waals surface area (Å²) in [6.07, 6.45) is 3.40. The van der Waals surface area contributed by atoms with Gasteiger partial charge in [0.15, 0.2) is 11.7 Å². The van der Waals surface area contributed by atoms with Crippen molar-refractivity contribution in [2.24, 2.45) is 4.99 Å². The van der Waals surface area contributed by atoms with Gasteiger partial charge in [-0.2, -0.15) is 0 Å². The number of benzene rings is 1. The van der Waals surface area contributed by atoms with E-state index in [-0.39, 0.29) is 24.0 Å². The van der Waals surface area contributed by atoms with E-state index in [0.29, 0.717) is 12.5 Å². The second-order valence-electron chi connectivity index (χ2n) is 8.76. The van der Waals surface area contributed by atoms with Crippen LogP contribution < -0.4 is 10.6 Å². The van der Waals surface area contributed by atoms with Crippen LogP contribution >= 0.6 is 24.0 Å². The Hall–Kier alpha value is -1.65. The quantitative estimate of drug-likeness (QED) is 0.269. The van der Waals surface area contributed by atoms with Crippen molar-refractivity contribution in [2.75, 3.05) is 40.3 Å². The Bertz CT molecular complexity index is 834. The smallest absolute Gasteiger partial charge is 0.191 e. The maximum Gasteiger partial charge on any atom is 0.191 e. The van der Waals surface area contributed by atoms with Gasteiger partial charge in [0.1, 0.15) is 0 Å². The molecule has 0 aliphatic carbocycles. The third-order valence-corrected chi connectivity index (χ3v) is 6.34. The highest BCUT2D eigenvalue weighted by Gasteiger charge is 2.14. The first-order valence-corrected chi connectivity index (χ1v) is 12.0. The predicted octanol–water partition coefficient (Wildman–Crippen LogP) is 4.20. The van der Waals surface area contributed by atoms with Gasteiger partial charge in [-0.25, -0.2) is 0 Å². The van der Waals surface area contributed by atoms with Crippen LogP contribution in [0.4, 0.5) is 0 Å². The van der Waals surface area contributed by atoms with Gasteiger partial charge in [0.25, 0.3) is 0 Å². The molecule has 2 aromatic rings. The van der Waals surface area contributed by atoms with Gasteiger partial charge in [-0.15, -0.1) is 24.0 Å². The molecule has 0 unspecified atom stereocenters. The first-order valence-electron chi connectivity index (χ1n) is 12.0. The Kier molecular flexibility index (Phi) is 12.2. The van der Waals surface area contributed by atoms with Gasteiger partial charge in [-0.3, -0.25) is 9.89 Å². The third-order valence-electron chi connectivity index (χ3n) is 6.34. The van der Waals surface area contributed by atoms with Gasteiger partial charge in [0, 0.05) is 45.2 Å². The molecule has 33 heavy (non-hydrogen) atoms. The van der Waals surface area contributed by atoms with Crippen LogP contribution in [0.5, 0.6) is 0 Å². The van der Waals surface area contributed by atoms with Crippen molar-refractivity contribution < 1.29 is 4.52 Å². The molecular formula is C25H41IN6O. The molecule has 0 atom stereocenters. The van der Waals surface area contributed by atoms with E-state index in [9.17, 15) is 0 Å². The Morgan fingerprint density at radius 1 is 1.03 bits per heavy atom. The molecule has 184 valence electrons. The van der Waals surface area contributed by atoms with Crippen LogP contribution in [0.15, 0.2) is 39.8 Å². The zero-order chi connectivity index (χ0) is 22.8. The monoisotopic (exact) mass is 568 g/mol. The van der Waals surface area contributed by atoms with Crippen molar-refractivity contribution in [3.63, 3.8) is 0 Å². The number of nitrogens with zero attached hydrogens (tertiary/aromatic N) is 4. The van der Waals surface area contributed by atoms with E-state index in [1.165, 1.54) is 30.6 Å². The van der Waals surface area contributed by atoms with Gasteiger partial charge in [0.2, 0.25) is 0 Å². The first kappa shape index (κ1) is 27.6. The third kappa shape index (κ3) is 8.90. The summed E-state index contributed by atoms with van der Waals surface area (Å²) < 4.78 is 5.49. The number of halogens is 1. The lowest BCUT2D eigenvalue weighted by Gasteiger charge is -2.20. The standard InChI is InChI=1S/C25H40N6O.HI/c1-5-22(6-2)24-16-23(32-29-24)18-28-25(26-3)27-17-20-8-10-21(11-9-20)19-31-13-7-12-30(4)14-15-31;/h8-11,16,22H,5-7,12-15,17-19H2,1-4H3,(H2,26,27,28);1H. The minimum atomic E-state index is 0. The Balaban J connectivity index is 0.00000385. The molecule has 0 bridgehead atoms. The van der Waals surface area contributed by atoms with Crippen LogP contribution in [0, 0.1) is 0 Å². The maximum atomic E-state index is 5.49. The zero-order valence-electron chi connectivity index (χ0n) is 20.6. The molecule has 1 aromatic carbocycles. The summed E-state index contributed by atoms with van der Waals surface area (Å²) in [5.74, 6) is 2.05. The zero-order valence-corrected chi connectivity index (χ0v) is 23.0. The average molecular weight is 569 g/mol. The number of hydrogen-bond acceptors (Lipinski definition) is 5. The van der Waals surface area contributed by atoms with E-state index in [4.69, 9.17) is 4.52 Å². The van der Waals surface area contributed by atoms with E-state index >= 15 is 0 Å². The summed E-state index contributed by atoms with van der Waals surface area (Å²) in [6, 6.07) is 11.0. The van der Waals surface area contributed by atoms with Crippen molar-refractivity contribution in [3.05, 3.63) is 52.9 Å². The van der Waals surface area contributed by atoms with E-state index < -0.39 is 0 Å². The molecule has 7 nitrogen and oxygen atoms in total. The van der Waals surface area contributed by atoms with E-state index in [2.05, 4.69) is 81.8 Å². The molecule has 1 aromatic heterocycles. The lowest BCUT2D eigenvalue weighted by molar-refractivity contribution is 0.269. The molecule has 1 aliphatic heterocycles. The van der Waals surface area contributed by atoms with Crippen molar-refractivity contribution in [1.29, 1.82) is 0 Å². The number of rotatable bonds is 9. The fourth-order valence-corrected chi connectivity index (χ4v) is 4.17. The molecule has 2 N–H and O–H groups in total. The summed E-state index contributed by atoms with van der Waals surface area (Å²) >= 11 is 0. The van der Waals surface area contributed by atoms with Crippen LogP contribution in [0.3, 0.4) is 0 Å². The second kappa shape index (κ2) is 14.6. The molecule has 8 heteroatoms. The highest BCUT2D eigenvalue weighted by atomic mass is 127. The number of guanidine groups is 1. The Morgan fingerprint density at radius 2 is 1.73 bits per heavy atom. The fourth-order valence-electron chi connectivity index (χ4n) is 4.17. The molecule has 1 saturated heterocycles. The molecule has 0 radical (unpaired) electrons. The Labute approximate surface area is 216 Å². The largest absolute Gasteiger partial charge is 0.359 e. The number of nitrogens with one attached hydrogen (secondary N) is 2. The van der Waals surface area contributed by atoms with Crippen molar-refractivity contribution in [1.82, 2.24) is 25.6 Å². The summed E-state index contributed by atoms with van der Waals surface area (Å²) in [4.78, 5) is 9.30. The maximum absolute atomic E-state index is 5.49. The fraction of sp³-hybridized carbons (Fsp3) is 0.600. The SMILES string of the molecule is CCC(CC)c1cc(CNC(=NC)NCc2ccc(CN3CCCN(C)CC3)cc2)on1.I.